The molecular formula is C25H29N5O2. The molecule has 1 aliphatic carbocycles. The lowest BCUT2D eigenvalue weighted by Crippen LogP contribution is -2.13. The van der Waals surface area contributed by atoms with Gasteiger partial charge in [0.25, 0.3) is 0 Å². The molecule has 1 fully saturated rings. The van der Waals surface area contributed by atoms with Crippen LogP contribution in [-0.2, 0) is 24.4 Å². The molecule has 0 radical (unpaired) electrons. The van der Waals surface area contributed by atoms with Crippen molar-refractivity contribution in [2.75, 3.05) is 0 Å². The fourth-order valence-corrected chi connectivity index (χ4v) is 4.48. The minimum atomic E-state index is -0.297. The van der Waals surface area contributed by atoms with Gasteiger partial charge in [-0.15, -0.1) is 0 Å². The van der Waals surface area contributed by atoms with Crippen LogP contribution in [0, 0.1) is 17.2 Å². The quantitative estimate of drug-likeness (QED) is 0.544. The highest BCUT2D eigenvalue weighted by Gasteiger charge is 2.17. The van der Waals surface area contributed by atoms with Gasteiger partial charge in [0.15, 0.2) is 0 Å². The van der Waals surface area contributed by atoms with E-state index in [0.29, 0.717) is 19.4 Å². The van der Waals surface area contributed by atoms with Crippen molar-refractivity contribution < 1.29 is 9.53 Å². The number of fused-ring (bicyclic) bond motifs is 1. The standard InChI is InChI=1S/C25H29N5O2/c26-15-24-28-16-20-14-21(17-32-22-9-6-19(7-10-22)8-11-23(27)31)30(25(20)29-24)13-12-18-4-2-1-3-5-18/h6-7,9-10,14,16,18H,1-5,8,11-13,17H2,(H2,27,31). The Bertz CT molecular complexity index is 1110. The number of nitrogens with zero attached hydrogens (tertiary/aromatic N) is 4. The molecule has 0 saturated heterocycles. The molecule has 1 saturated carbocycles. The molecule has 2 heterocycles. The minimum absolute atomic E-state index is 0.188. The maximum absolute atomic E-state index is 11.0. The summed E-state index contributed by atoms with van der Waals surface area (Å²) in [6.07, 6.45) is 10.4. The normalized spacial score (nSPS) is 14.3. The first-order valence-electron chi connectivity index (χ1n) is 11.4. The van der Waals surface area contributed by atoms with Crippen molar-refractivity contribution in [3.05, 3.63) is 53.6 Å². The second-order valence-corrected chi connectivity index (χ2v) is 8.56. The van der Waals surface area contributed by atoms with Crippen LogP contribution in [0.3, 0.4) is 0 Å². The summed E-state index contributed by atoms with van der Waals surface area (Å²) in [6, 6.07) is 11.9. The monoisotopic (exact) mass is 431 g/mol. The lowest BCUT2D eigenvalue weighted by Gasteiger charge is -2.22. The molecule has 0 aliphatic heterocycles. The Kier molecular flexibility index (Phi) is 7.00. The molecule has 2 N–H and O–H groups in total. The third-order valence-corrected chi connectivity index (χ3v) is 6.28. The molecule has 0 unspecified atom stereocenters. The smallest absolute Gasteiger partial charge is 0.234 e. The Hall–Kier alpha value is -3.40. The van der Waals surface area contributed by atoms with E-state index in [9.17, 15) is 10.1 Å². The van der Waals surface area contributed by atoms with Gasteiger partial charge in [-0.1, -0.05) is 44.2 Å². The molecule has 1 amide bonds. The first kappa shape index (κ1) is 21.8. The SMILES string of the molecule is N#Cc1ncc2cc(COc3ccc(CCC(N)=O)cc3)n(CCC3CCCCC3)c2n1. The van der Waals surface area contributed by atoms with Gasteiger partial charge in [0.05, 0.1) is 5.69 Å². The Labute approximate surface area is 188 Å². The number of aromatic nitrogens is 3. The number of carbonyl (C=O) groups excluding carboxylic acids is 1. The summed E-state index contributed by atoms with van der Waals surface area (Å²) >= 11 is 0. The van der Waals surface area contributed by atoms with Crippen LogP contribution in [0.5, 0.6) is 5.75 Å². The number of amides is 1. The van der Waals surface area contributed by atoms with Crippen LogP contribution >= 0.6 is 0 Å². The molecule has 7 nitrogen and oxygen atoms in total. The Morgan fingerprint density at radius 2 is 2.00 bits per heavy atom. The zero-order valence-electron chi connectivity index (χ0n) is 18.3. The van der Waals surface area contributed by atoms with Gasteiger partial charge in [-0.25, -0.2) is 9.97 Å². The number of aryl methyl sites for hydroxylation is 2. The summed E-state index contributed by atoms with van der Waals surface area (Å²) in [5.74, 6) is 1.41. The molecule has 166 valence electrons. The van der Waals surface area contributed by atoms with Crippen LogP contribution in [0.4, 0.5) is 0 Å². The molecule has 0 atom stereocenters. The highest BCUT2D eigenvalue weighted by Crippen LogP contribution is 2.28. The highest BCUT2D eigenvalue weighted by molar-refractivity contribution is 5.77. The summed E-state index contributed by atoms with van der Waals surface area (Å²) < 4.78 is 8.25. The van der Waals surface area contributed by atoms with Crippen molar-refractivity contribution in [2.24, 2.45) is 11.7 Å². The number of ether oxygens (including phenoxy) is 1. The Morgan fingerprint density at radius 1 is 1.22 bits per heavy atom. The van der Waals surface area contributed by atoms with Crippen molar-refractivity contribution in [3.63, 3.8) is 0 Å². The lowest BCUT2D eigenvalue weighted by atomic mass is 9.87. The van der Waals surface area contributed by atoms with E-state index in [1.165, 1.54) is 32.1 Å². The zero-order valence-corrected chi connectivity index (χ0v) is 18.3. The number of primary amides is 1. The van der Waals surface area contributed by atoms with Gasteiger partial charge in [-0.2, -0.15) is 5.26 Å². The van der Waals surface area contributed by atoms with Gasteiger partial charge < -0.3 is 15.0 Å². The van der Waals surface area contributed by atoms with E-state index in [2.05, 4.69) is 20.6 Å². The van der Waals surface area contributed by atoms with E-state index in [4.69, 9.17) is 10.5 Å². The summed E-state index contributed by atoms with van der Waals surface area (Å²) in [5.41, 5.74) is 8.10. The number of benzene rings is 1. The van der Waals surface area contributed by atoms with Crippen LogP contribution in [0.1, 0.15) is 62.0 Å². The first-order valence-corrected chi connectivity index (χ1v) is 11.4. The van der Waals surface area contributed by atoms with Gasteiger partial charge in [-0.05, 0) is 42.5 Å². The second kappa shape index (κ2) is 10.3. The van der Waals surface area contributed by atoms with Crippen molar-refractivity contribution >= 4 is 16.9 Å². The summed E-state index contributed by atoms with van der Waals surface area (Å²) in [4.78, 5) is 19.6. The third kappa shape index (κ3) is 5.44. The maximum atomic E-state index is 11.0. The summed E-state index contributed by atoms with van der Waals surface area (Å²) in [6.45, 7) is 1.27. The molecule has 32 heavy (non-hydrogen) atoms. The number of nitriles is 1. The molecule has 1 aliphatic rings. The van der Waals surface area contributed by atoms with Gasteiger partial charge in [0.2, 0.25) is 11.7 Å². The average molecular weight is 432 g/mol. The Balaban J connectivity index is 1.49. The van der Waals surface area contributed by atoms with E-state index in [-0.39, 0.29) is 11.7 Å². The van der Waals surface area contributed by atoms with Crippen molar-refractivity contribution in [2.45, 2.75) is 64.5 Å². The molecule has 1 aromatic carbocycles. The van der Waals surface area contributed by atoms with E-state index < -0.39 is 0 Å². The molecule has 0 spiro atoms. The van der Waals surface area contributed by atoms with Gasteiger partial charge in [0.1, 0.15) is 24.1 Å². The second-order valence-electron chi connectivity index (χ2n) is 8.56. The predicted molar refractivity (Wildman–Crippen MR) is 122 cm³/mol. The van der Waals surface area contributed by atoms with Crippen LogP contribution in [0.15, 0.2) is 36.5 Å². The number of nitrogens with two attached hydrogens (primary N) is 1. The molecule has 2 aromatic heterocycles. The Morgan fingerprint density at radius 3 is 2.72 bits per heavy atom. The zero-order chi connectivity index (χ0) is 22.3. The van der Waals surface area contributed by atoms with Gasteiger partial charge in [-0.3, -0.25) is 4.79 Å². The van der Waals surface area contributed by atoms with Crippen LogP contribution in [-0.4, -0.2) is 20.4 Å². The maximum Gasteiger partial charge on any atom is 0.234 e. The average Bonchev–Trinajstić information content (AvgIpc) is 3.17. The fourth-order valence-electron chi connectivity index (χ4n) is 4.48. The fraction of sp³-hybridized carbons (Fsp3) is 0.440. The molecular weight excluding hydrogens is 402 g/mol. The molecule has 0 bridgehead atoms. The topological polar surface area (TPSA) is 107 Å². The summed E-state index contributed by atoms with van der Waals surface area (Å²) in [7, 11) is 0. The first-order chi connectivity index (χ1) is 15.6. The molecule has 4 rings (SSSR count). The summed E-state index contributed by atoms with van der Waals surface area (Å²) in [5, 5.41) is 10.2. The number of hydrogen-bond donors (Lipinski definition) is 1. The highest BCUT2D eigenvalue weighted by atomic mass is 16.5. The third-order valence-electron chi connectivity index (χ3n) is 6.28. The molecule has 7 heteroatoms. The number of carbonyl (C=O) groups is 1. The van der Waals surface area contributed by atoms with Crippen LogP contribution in [0.25, 0.3) is 11.0 Å². The van der Waals surface area contributed by atoms with Crippen molar-refractivity contribution in [1.29, 1.82) is 5.26 Å². The largest absolute Gasteiger partial charge is 0.487 e. The van der Waals surface area contributed by atoms with E-state index in [1.807, 2.05) is 30.3 Å². The lowest BCUT2D eigenvalue weighted by molar-refractivity contribution is -0.117. The van der Waals surface area contributed by atoms with Crippen molar-refractivity contribution in [3.8, 4) is 11.8 Å². The van der Waals surface area contributed by atoms with Crippen molar-refractivity contribution in [1.82, 2.24) is 14.5 Å². The molecule has 3 aromatic rings. The number of rotatable bonds is 9. The van der Waals surface area contributed by atoms with Crippen LogP contribution < -0.4 is 10.5 Å². The van der Waals surface area contributed by atoms with E-state index in [1.54, 1.807) is 6.20 Å². The van der Waals surface area contributed by atoms with Crippen LogP contribution in [0.2, 0.25) is 0 Å². The minimum Gasteiger partial charge on any atom is -0.487 e. The van der Waals surface area contributed by atoms with Gasteiger partial charge >= 0.3 is 0 Å². The van der Waals surface area contributed by atoms with Gasteiger partial charge in [0, 0.05) is 24.5 Å². The number of hydrogen-bond acceptors (Lipinski definition) is 5. The predicted octanol–water partition coefficient (Wildman–Crippen LogP) is 4.27. The van der Waals surface area contributed by atoms with E-state index >= 15 is 0 Å². The van der Waals surface area contributed by atoms with E-state index in [0.717, 1.165) is 46.9 Å².